The monoisotopic (exact) mass is 337 g/mol. The number of nitrogens with one attached hydrogen (secondary N) is 2. The van der Waals surface area contributed by atoms with Crippen molar-refractivity contribution in [1.29, 1.82) is 0 Å². The fourth-order valence-electron chi connectivity index (χ4n) is 4.33. The smallest absolute Gasteiger partial charge is 0.322 e. The van der Waals surface area contributed by atoms with Gasteiger partial charge in [0.25, 0.3) is 5.91 Å². The van der Waals surface area contributed by atoms with Gasteiger partial charge in [0, 0.05) is 19.0 Å². The molecule has 3 amide bonds. The minimum Gasteiger partial charge on any atom is -0.377 e. The van der Waals surface area contributed by atoms with E-state index in [1.807, 2.05) is 6.92 Å². The van der Waals surface area contributed by atoms with Crippen molar-refractivity contribution >= 4 is 11.9 Å². The molecule has 3 fully saturated rings. The van der Waals surface area contributed by atoms with E-state index >= 15 is 0 Å². The van der Waals surface area contributed by atoms with Gasteiger partial charge in [0.05, 0.1) is 12.7 Å². The summed E-state index contributed by atoms with van der Waals surface area (Å²) in [4.78, 5) is 26.0. The summed E-state index contributed by atoms with van der Waals surface area (Å²) in [5.74, 6) is -0.0235. The summed E-state index contributed by atoms with van der Waals surface area (Å²) < 4.78 is 6.10. The van der Waals surface area contributed by atoms with Gasteiger partial charge in [0.2, 0.25) is 0 Å². The van der Waals surface area contributed by atoms with Gasteiger partial charge in [-0.15, -0.1) is 0 Å². The third-order valence-electron chi connectivity index (χ3n) is 5.96. The van der Waals surface area contributed by atoms with Gasteiger partial charge in [-0.05, 0) is 39.2 Å². The first kappa shape index (κ1) is 17.7. The number of nitrogens with zero attached hydrogens (tertiary/aromatic N) is 1. The molecule has 2 unspecified atom stereocenters. The molecule has 0 aromatic rings. The maximum absolute atomic E-state index is 12.1. The molecule has 6 heteroatoms. The van der Waals surface area contributed by atoms with Gasteiger partial charge in [-0.1, -0.05) is 25.7 Å². The van der Waals surface area contributed by atoms with Crippen molar-refractivity contribution in [3.05, 3.63) is 0 Å². The Balaban J connectivity index is 1.45. The van der Waals surface area contributed by atoms with Crippen molar-refractivity contribution in [2.24, 2.45) is 5.92 Å². The second-order valence-corrected chi connectivity index (χ2v) is 7.73. The third kappa shape index (κ3) is 4.09. The lowest BCUT2D eigenvalue weighted by Crippen LogP contribution is -2.56. The van der Waals surface area contributed by atoms with Crippen LogP contribution in [0.5, 0.6) is 0 Å². The lowest BCUT2D eigenvalue weighted by atomic mass is 9.80. The van der Waals surface area contributed by atoms with E-state index in [-0.39, 0.29) is 17.9 Å². The van der Waals surface area contributed by atoms with Crippen molar-refractivity contribution in [2.75, 3.05) is 26.2 Å². The van der Waals surface area contributed by atoms with E-state index in [0.717, 1.165) is 39.1 Å². The number of hydrogen-bond acceptors (Lipinski definition) is 4. The number of hydrogen-bond donors (Lipinski definition) is 2. The maximum Gasteiger partial charge on any atom is 0.322 e. The number of likely N-dealkylation sites (tertiary alicyclic amines) is 1. The molecule has 0 bridgehead atoms. The average Bonchev–Trinajstić information content (AvgIpc) is 2.74. The van der Waals surface area contributed by atoms with Crippen LogP contribution in [-0.2, 0) is 9.53 Å². The molecule has 2 saturated heterocycles. The van der Waals surface area contributed by atoms with Crippen molar-refractivity contribution in [3.8, 4) is 0 Å². The molecule has 24 heavy (non-hydrogen) atoms. The summed E-state index contributed by atoms with van der Waals surface area (Å²) in [5.41, 5.74) is -0.766. The fraction of sp³-hybridized carbons (Fsp3) is 0.889. The number of amides is 3. The summed E-state index contributed by atoms with van der Waals surface area (Å²) in [6.45, 7) is 5.43. The van der Waals surface area contributed by atoms with Crippen LogP contribution >= 0.6 is 0 Å². The Bertz CT molecular complexity index is 462. The zero-order chi connectivity index (χ0) is 17.0. The number of imide groups is 1. The molecule has 0 aromatic heterocycles. The van der Waals surface area contributed by atoms with Crippen LogP contribution in [0.3, 0.4) is 0 Å². The summed E-state index contributed by atoms with van der Waals surface area (Å²) in [6.07, 6.45) is 10.2. The molecular formula is C18H31N3O3. The van der Waals surface area contributed by atoms with Crippen LogP contribution in [0.25, 0.3) is 0 Å². The van der Waals surface area contributed by atoms with Crippen LogP contribution < -0.4 is 10.6 Å². The maximum atomic E-state index is 12.1. The third-order valence-corrected chi connectivity index (χ3v) is 5.96. The molecule has 6 nitrogen and oxygen atoms in total. The molecule has 2 aliphatic heterocycles. The van der Waals surface area contributed by atoms with Gasteiger partial charge in [-0.3, -0.25) is 10.1 Å². The molecule has 3 aliphatic rings. The van der Waals surface area contributed by atoms with Gasteiger partial charge in [0.1, 0.15) is 5.54 Å². The van der Waals surface area contributed by atoms with Crippen LogP contribution in [-0.4, -0.2) is 54.7 Å². The van der Waals surface area contributed by atoms with Crippen molar-refractivity contribution in [1.82, 2.24) is 15.5 Å². The number of ether oxygens (including phenoxy) is 1. The molecular weight excluding hydrogens is 306 g/mol. The highest BCUT2D eigenvalue weighted by Crippen LogP contribution is 2.29. The highest BCUT2D eigenvalue weighted by molar-refractivity contribution is 6.06. The first-order valence-electron chi connectivity index (χ1n) is 9.55. The van der Waals surface area contributed by atoms with Gasteiger partial charge in [-0.25, -0.2) is 4.79 Å². The number of carbonyl (C=O) groups is 2. The number of rotatable bonds is 5. The summed E-state index contributed by atoms with van der Waals surface area (Å²) in [6, 6.07) is -0.365. The largest absolute Gasteiger partial charge is 0.377 e. The topological polar surface area (TPSA) is 70.7 Å². The van der Waals surface area contributed by atoms with Crippen LogP contribution in [0.4, 0.5) is 4.79 Å². The van der Waals surface area contributed by atoms with E-state index in [1.54, 1.807) is 0 Å². The summed E-state index contributed by atoms with van der Waals surface area (Å²) >= 11 is 0. The number of carbonyl (C=O) groups excluding carboxylic acids is 2. The van der Waals surface area contributed by atoms with Crippen LogP contribution in [0, 0.1) is 5.92 Å². The molecule has 3 rings (SSSR count). The standard InChI is InChI=1S/C18H31N3O3/c1-18(16(22)19-17(23)20-18)14-7-6-10-21(13-14)11-12-24-15-8-4-2-3-5-9-15/h14-15H,2-13H2,1H3,(H2,19,20,22,23). The van der Waals surface area contributed by atoms with Gasteiger partial charge < -0.3 is 15.0 Å². The predicted octanol–water partition coefficient (Wildman–Crippen LogP) is 2.04. The van der Waals surface area contributed by atoms with E-state index in [9.17, 15) is 9.59 Å². The zero-order valence-corrected chi connectivity index (χ0v) is 14.8. The van der Waals surface area contributed by atoms with E-state index in [2.05, 4.69) is 15.5 Å². The predicted molar refractivity (Wildman–Crippen MR) is 91.7 cm³/mol. The molecule has 2 atom stereocenters. The van der Waals surface area contributed by atoms with Crippen molar-refractivity contribution in [2.45, 2.75) is 69.9 Å². The lowest BCUT2D eigenvalue weighted by Gasteiger charge is -2.39. The fourth-order valence-corrected chi connectivity index (χ4v) is 4.33. The lowest BCUT2D eigenvalue weighted by molar-refractivity contribution is -0.126. The molecule has 0 spiro atoms. The van der Waals surface area contributed by atoms with E-state index in [4.69, 9.17) is 4.74 Å². The molecule has 1 aliphatic carbocycles. The Morgan fingerprint density at radius 2 is 1.88 bits per heavy atom. The minimum atomic E-state index is -0.766. The highest BCUT2D eigenvalue weighted by Gasteiger charge is 2.48. The summed E-state index contributed by atoms with van der Waals surface area (Å²) in [7, 11) is 0. The Morgan fingerprint density at radius 1 is 1.12 bits per heavy atom. The Kier molecular flexibility index (Phi) is 5.76. The number of urea groups is 1. The van der Waals surface area contributed by atoms with Crippen molar-refractivity contribution < 1.29 is 14.3 Å². The van der Waals surface area contributed by atoms with E-state index in [1.165, 1.54) is 38.5 Å². The first-order valence-corrected chi connectivity index (χ1v) is 9.55. The van der Waals surface area contributed by atoms with Gasteiger partial charge >= 0.3 is 6.03 Å². The first-order chi connectivity index (χ1) is 11.6. The van der Waals surface area contributed by atoms with Crippen LogP contribution in [0.2, 0.25) is 0 Å². The van der Waals surface area contributed by atoms with Crippen LogP contribution in [0.15, 0.2) is 0 Å². The van der Waals surface area contributed by atoms with Crippen LogP contribution in [0.1, 0.15) is 58.3 Å². The quantitative estimate of drug-likeness (QED) is 0.595. The average molecular weight is 337 g/mol. The highest BCUT2D eigenvalue weighted by atomic mass is 16.5. The van der Waals surface area contributed by atoms with E-state index in [0.29, 0.717) is 6.10 Å². The normalized spacial score (nSPS) is 33.1. The zero-order valence-electron chi connectivity index (χ0n) is 14.8. The second kappa shape index (κ2) is 7.83. The number of piperidine rings is 1. The molecule has 2 heterocycles. The summed E-state index contributed by atoms with van der Waals surface area (Å²) in [5, 5.41) is 5.21. The Morgan fingerprint density at radius 3 is 2.54 bits per heavy atom. The van der Waals surface area contributed by atoms with Gasteiger partial charge in [-0.2, -0.15) is 0 Å². The minimum absolute atomic E-state index is 0.163. The Hall–Kier alpha value is -1.14. The molecule has 1 saturated carbocycles. The molecule has 136 valence electrons. The molecule has 2 N–H and O–H groups in total. The SMILES string of the molecule is CC1(C2CCCN(CCOC3CCCCCC3)C2)NC(=O)NC1=O. The van der Waals surface area contributed by atoms with Gasteiger partial charge in [0.15, 0.2) is 0 Å². The molecule has 0 aromatic carbocycles. The Labute approximate surface area is 144 Å². The molecule has 0 radical (unpaired) electrons. The van der Waals surface area contributed by atoms with Crippen molar-refractivity contribution in [3.63, 3.8) is 0 Å². The van der Waals surface area contributed by atoms with E-state index < -0.39 is 5.54 Å². The second-order valence-electron chi connectivity index (χ2n) is 7.73.